The largest absolute Gasteiger partial charge is 0.314 e. The van der Waals surface area contributed by atoms with Crippen LogP contribution in [0.4, 0.5) is 0 Å². The van der Waals surface area contributed by atoms with E-state index in [1.165, 1.54) is 22.3 Å². The maximum absolute atomic E-state index is 14.1. The van der Waals surface area contributed by atoms with Crippen molar-refractivity contribution in [1.29, 1.82) is 0 Å². The van der Waals surface area contributed by atoms with E-state index in [2.05, 4.69) is 41.5 Å². The topological polar surface area (TPSA) is 34.1 Å². The minimum Gasteiger partial charge on any atom is -0.314 e. The van der Waals surface area contributed by atoms with Gasteiger partial charge in [0.25, 0.3) is 0 Å². The summed E-state index contributed by atoms with van der Waals surface area (Å²) in [4.78, 5) is 0. The van der Waals surface area contributed by atoms with E-state index in [1.807, 2.05) is 13.8 Å². The fourth-order valence-corrected chi connectivity index (χ4v) is 15.1. The van der Waals surface area contributed by atoms with Crippen molar-refractivity contribution in [2.45, 2.75) is 55.4 Å². The van der Waals surface area contributed by atoms with E-state index in [-0.39, 0.29) is 10.8 Å². The van der Waals surface area contributed by atoms with Gasteiger partial charge in [0.1, 0.15) is 14.3 Å². The first-order valence-electron chi connectivity index (χ1n) is 8.85. The summed E-state index contributed by atoms with van der Waals surface area (Å²) in [5.41, 5.74) is 4.80. The zero-order valence-electron chi connectivity index (χ0n) is 16.1. The molecule has 4 aliphatic rings. The molecule has 0 radical (unpaired) electrons. The van der Waals surface area contributed by atoms with Gasteiger partial charge in [0, 0.05) is 33.8 Å². The van der Waals surface area contributed by atoms with Crippen LogP contribution in [0.2, 0.25) is 0 Å². The van der Waals surface area contributed by atoms with Crippen LogP contribution in [0.15, 0.2) is 43.5 Å². The van der Waals surface area contributed by atoms with E-state index in [0.717, 1.165) is 21.3 Å². The molecule has 4 rings (SSSR count). The Morgan fingerprint density at radius 1 is 0.625 bits per heavy atom. The van der Waals surface area contributed by atoms with Gasteiger partial charge in [0.15, 0.2) is 0 Å². The summed E-state index contributed by atoms with van der Waals surface area (Å²) in [6.07, 6.45) is 1.43. The summed E-state index contributed by atoms with van der Waals surface area (Å²) >= 11 is 0. The predicted molar refractivity (Wildman–Crippen MR) is 103 cm³/mol. The Morgan fingerprint density at radius 3 is 1.17 bits per heavy atom. The molecule has 0 aliphatic carbocycles. The summed E-state index contributed by atoms with van der Waals surface area (Å²) < 4.78 is 28.1. The van der Waals surface area contributed by atoms with Gasteiger partial charge >= 0.3 is 0 Å². The van der Waals surface area contributed by atoms with Crippen LogP contribution in [-0.2, 0) is 9.13 Å². The van der Waals surface area contributed by atoms with Crippen LogP contribution in [-0.4, -0.2) is 12.3 Å². The predicted octanol–water partition coefficient (Wildman–Crippen LogP) is 6.92. The van der Waals surface area contributed by atoms with E-state index >= 15 is 0 Å². The van der Waals surface area contributed by atoms with Gasteiger partial charge in [0.05, 0.1) is 0 Å². The van der Waals surface area contributed by atoms with Gasteiger partial charge in [-0.15, -0.1) is 0 Å². The Labute approximate surface area is 145 Å². The summed E-state index contributed by atoms with van der Waals surface area (Å²) in [6, 6.07) is 0. The molecule has 0 spiro atoms. The van der Waals surface area contributed by atoms with Crippen LogP contribution in [0, 0.1) is 10.8 Å². The molecule has 130 valence electrons. The Balaban J connectivity index is 2.05. The second-order valence-corrected chi connectivity index (χ2v) is 14.7. The Bertz CT molecular complexity index is 878. The summed E-state index contributed by atoms with van der Waals surface area (Å²) in [6.45, 7) is 17.1. The molecule has 4 heteroatoms. The maximum atomic E-state index is 14.1. The fraction of sp³-hybridized carbons (Fsp3) is 0.600. The molecule has 0 fully saturated rings. The fourth-order valence-electron chi connectivity index (χ4n) is 5.76. The van der Waals surface area contributed by atoms with E-state index in [9.17, 15) is 9.13 Å². The third kappa shape index (κ3) is 1.42. The van der Waals surface area contributed by atoms with Crippen molar-refractivity contribution in [3.05, 3.63) is 43.5 Å². The van der Waals surface area contributed by atoms with Crippen LogP contribution in [0.25, 0.3) is 0 Å². The van der Waals surface area contributed by atoms with Crippen molar-refractivity contribution in [3.8, 4) is 0 Å². The molecule has 4 aliphatic heterocycles. The second-order valence-electron chi connectivity index (χ2n) is 8.83. The van der Waals surface area contributed by atoms with E-state index in [1.54, 1.807) is 0 Å². The van der Waals surface area contributed by atoms with E-state index in [0.29, 0.717) is 12.3 Å². The van der Waals surface area contributed by atoms with Gasteiger partial charge in [-0.2, -0.15) is 0 Å². The van der Waals surface area contributed by atoms with Gasteiger partial charge in [0.2, 0.25) is 0 Å². The molecule has 4 atom stereocenters. The quantitative estimate of drug-likeness (QED) is 0.475. The number of hydrogen-bond donors (Lipinski definition) is 0. The first kappa shape index (κ1) is 16.9. The molecule has 4 heterocycles. The maximum Gasteiger partial charge on any atom is 0.141 e. The number of fused-ring (bicyclic) bond motifs is 4. The molecule has 0 N–H and O–H groups in total. The van der Waals surface area contributed by atoms with E-state index < -0.39 is 14.3 Å². The minimum absolute atomic E-state index is 0.0993. The Hall–Kier alpha value is -0.580. The molecule has 0 aromatic heterocycles. The van der Waals surface area contributed by atoms with Crippen molar-refractivity contribution in [2.24, 2.45) is 10.8 Å². The number of rotatable bonds is 1. The molecule has 24 heavy (non-hydrogen) atoms. The first-order valence-corrected chi connectivity index (χ1v) is 12.6. The third-order valence-electron chi connectivity index (χ3n) is 8.21. The van der Waals surface area contributed by atoms with Crippen LogP contribution in [0.3, 0.4) is 0 Å². The average Bonchev–Trinajstić information content (AvgIpc) is 2.98. The van der Waals surface area contributed by atoms with Gasteiger partial charge in [-0.1, -0.05) is 36.1 Å². The van der Waals surface area contributed by atoms with Crippen molar-refractivity contribution < 1.29 is 9.13 Å². The molecule has 4 bridgehead atoms. The molecule has 0 aromatic rings. The Kier molecular flexibility index (Phi) is 2.96. The highest BCUT2D eigenvalue weighted by atomic mass is 31.2. The molecule has 0 saturated heterocycles. The van der Waals surface area contributed by atoms with Gasteiger partial charge in [-0.25, -0.2) is 0 Å². The summed E-state index contributed by atoms with van der Waals surface area (Å²) in [7, 11) is -5.17. The minimum atomic E-state index is -2.58. The van der Waals surface area contributed by atoms with Gasteiger partial charge in [-0.3, -0.25) is 0 Å². The lowest BCUT2D eigenvalue weighted by atomic mass is 9.76. The van der Waals surface area contributed by atoms with Crippen molar-refractivity contribution >= 4 is 14.3 Å². The summed E-state index contributed by atoms with van der Waals surface area (Å²) in [5, 5.41) is 4.16. The number of hydrogen-bond acceptors (Lipinski definition) is 2. The second kappa shape index (κ2) is 4.21. The smallest absolute Gasteiger partial charge is 0.141 e. The zero-order valence-corrected chi connectivity index (χ0v) is 17.9. The highest BCUT2D eigenvalue weighted by Crippen LogP contribution is 2.88. The molecule has 2 nitrogen and oxygen atoms in total. The van der Waals surface area contributed by atoms with Crippen molar-refractivity contribution in [1.82, 2.24) is 0 Å². The zero-order chi connectivity index (χ0) is 18.0. The standard InChI is InChI=1S/C20H28O2P2/c1-11-15(5)23(21)9-19(11,7)13(3)17(23)18-14(4)20(8)10-24(18,22)16(6)12(20)2/h9-10H2,1-8H3/t19-,20-,23-,24-/m0/s1. The van der Waals surface area contributed by atoms with Crippen molar-refractivity contribution in [3.63, 3.8) is 0 Å². The molecule has 0 saturated carbocycles. The SMILES string of the molecule is CC1=C(C)[P@@]2(=O)C[C@]1(C)C(C)=C2C1=C(C)[C@@]2(C)C[P@]1(=O)C(C)=C2C. The van der Waals surface area contributed by atoms with Crippen LogP contribution in [0.1, 0.15) is 55.4 Å². The third-order valence-corrected chi connectivity index (χ3v) is 15.9. The molecule has 0 aromatic carbocycles. The van der Waals surface area contributed by atoms with Gasteiger partial charge in [-0.05, 0) is 52.2 Å². The highest BCUT2D eigenvalue weighted by molar-refractivity contribution is 7.79. The van der Waals surface area contributed by atoms with Gasteiger partial charge < -0.3 is 9.13 Å². The number of allylic oxidation sites excluding steroid dienone is 8. The lowest BCUT2D eigenvalue weighted by Gasteiger charge is -2.32. The average molecular weight is 362 g/mol. The van der Waals surface area contributed by atoms with Crippen molar-refractivity contribution in [2.75, 3.05) is 12.3 Å². The normalized spacial score (nSPS) is 47.2. The lowest BCUT2D eigenvalue weighted by Crippen LogP contribution is -2.19. The lowest BCUT2D eigenvalue weighted by molar-refractivity contribution is 0.549. The summed E-state index contributed by atoms with van der Waals surface area (Å²) in [5.74, 6) is 0. The van der Waals surface area contributed by atoms with Crippen LogP contribution < -0.4 is 0 Å². The Morgan fingerprint density at radius 2 is 0.917 bits per heavy atom. The highest BCUT2D eigenvalue weighted by Gasteiger charge is 2.63. The first-order chi connectivity index (χ1) is 10.9. The molecular weight excluding hydrogens is 334 g/mol. The molecular formula is C20H28O2P2. The molecule has 0 amide bonds. The molecule has 0 unspecified atom stereocenters. The van der Waals surface area contributed by atoms with Crippen LogP contribution >= 0.6 is 14.3 Å². The monoisotopic (exact) mass is 362 g/mol. The van der Waals surface area contributed by atoms with Crippen LogP contribution in [0.5, 0.6) is 0 Å². The van der Waals surface area contributed by atoms with E-state index in [4.69, 9.17) is 0 Å².